The summed E-state index contributed by atoms with van der Waals surface area (Å²) in [4.78, 5) is 20.7. The lowest BCUT2D eigenvalue weighted by atomic mass is 10.1. The first-order valence-electron chi connectivity index (χ1n) is 10.9. The van der Waals surface area contributed by atoms with E-state index in [1.807, 2.05) is 0 Å². The number of ketones is 1. The molecule has 0 bridgehead atoms. The number of nitrogens with one attached hydrogen (secondary N) is 1. The van der Waals surface area contributed by atoms with Gasteiger partial charge in [0, 0.05) is 24.9 Å². The van der Waals surface area contributed by atoms with Gasteiger partial charge in [-0.3, -0.25) is 14.1 Å². The quantitative estimate of drug-likeness (QED) is 0.430. The van der Waals surface area contributed by atoms with E-state index in [9.17, 15) is 13.2 Å². The number of hydrogen-bond acceptors (Lipinski definition) is 10. The van der Waals surface area contributed by atoms with E-state index in [1.54, 1.807) is 25.1 Å². The minimum absolute atomic E-state index is 0.112. The zero-order valence-electron chi connectivity index (χ0n) is 19.8. The maximum Gasteiger partial charge on any atom is 0.245 e. The number of carbonyl (C=O) groups excluding carboxylic acids is 1. The lowest BCUT2D eigenvalue weighted by molar-refractivity contribution is 0.0981. The van der Waals surface area contributed by atoms with E-state index in [2.05, 4.69) is 24.9 Å². The third-order valence-corrected chi connectivity index (χ3v) is 7.29. The molecule has 4 rings (SSSR count). The molecule has 3 heterocycles. The van der Waals surface area contributed by atoms with Crippen LogP contribution in [0.25, 0.3) is 5.69 Å². The molecule has 0 saturated carbocycles. The van der Waals surface area contributed by atoms with E-state index >= 15 is 0 Å². The summed E-state index contributed by atoms with van der Waals surface area (Å²) in [7, 11) is -1.28. The summed E-state index contributed by atoms with van der Waals surface area (Å²) in [5, 5.41) is 6.89. The fourth-order valence-electron chi connectivity index (χ4n) is 3.70. The van der Waals surface area contributed by atoms with Crippen molar-refractivity contribution >= 4 is 21.8 Å². The largest absolute Gasteiger partial charge is 0.494 e. The average molecular weight is 503 g/mol. The van der Waals surface area contributed by atoms with Crippen LogP contribution in [-0.4, -0.2) is 71.6 Å². The molecule has 2 aromatic heterocycles. The van der Waals surface area contributed by atoms with Crippen molar-refractivity contribution in [3.8, 4) is 17.2 Å². The van der Waals surface area contributed by atoms with Crippen molar-refractivity contribution in [2.24, 2.45) is 0 Å². The minimum Gasteiger partial charge on any atom is -0.494 e. The normalized spacial score (nSPS) is 16.6. The first kappa shape index (κ1) is 24.5. The predicted octanol–water partition coefficient (Wildman–Crippen LogP) is 1.90. The highest BCUT2D eigenvalue weighted by Gasteiger charge is 2.34. The second kappa shape index (κ2) is 9.96. The van der Waals surface area contributed by atoms with Crippen LogP contribution in [0.1, 0.15) is 41.3 Å². The van der Waals surface area contributed by atoms with Gasteiger partial charge >= 0.3 is 0 Å². The van der Waals surface area contributed by atoms with E-state index < -0.39 is 21.1 Å². The van der Waals surface area contributed by atoms with E-state index in [0.717, 1.165) is 5.56 Å². The molecule has 0 radical (unpaired) electrons. The van der Waals surface area contributed by atoms with Crippen LogP contribution in [0, 0.1) is 6.92 Å². The Hall–Kier alpha value is -3.58. The molecule has 0 spiro atoms. The Kier molecular flexibility index (Phi) is 6.98. The Labute approximate surface area is 202 Å². The topological polar surface area (TPSA) is 147 Å². The van der Waals surface area contributed by atoms with E-state index in [-0.39, 0.29) is 17.7 Å². The summed E-state index contributed by atoms with van der Waals surface area (Å²) in [6.07, 6.45) is 3.59. The van der Waals surface area contributed by atoms with Crippen molar-refractivity contribution in [2.75, 3.05) is 32.2 Å². The number of para-hydroxylation sites is 1. The number of Topliss-reactive ketones (excluding diaryl/α,β-unsaturated/α-hetero) is 1. The summed E-state index contributed by atoms with van der Waals surface area (Å²) in [6.45, 7) is 3.98. The average Bonchev–Trinajstić information content (AvgIpc) is 3.52. The van der Waals surface area contributed by atoms with E-state index in [4.69, 9.17) is 14.2 Å². The molecule has 1 aromatic carbocycles. The molecule has 0 aliphatic carbocycles. The molecule has 1 fully saturated rings. The highest BCUT2D eigenvalue weighted by atomic mass is 32.2. The molecule has 1 saturated heterocycles. The molecular formula is C22H26N6O6S. The van der Waals surface area contributed by atoms with Gasteiger partial charge in [-0.25, -0.2) is 18.4 Å². The fourth-order valence-corrected chi connectivity index (χ4v) is 4.65. The smallest absolute Gasteiger partial charge is 0.245 e. The van der Waals surface area contributed by atoms with Crippen LogP contribution in [0.5, 0.6) is 11.5 Å². The first-order chi connectivity index (χ1) is 16.8. The number of sulfonamides is 1. The van der Waals surface area contributed by atoms with E-state index in [1.165, 1.54) is 38.1 Å². The number of hydrogen-bond donors (Lipinski definition) is 1. The van der Waals surface area contributed by atoms with Crippen molar-refractivity contribution in [3.05, 3.63) is 47.8 Å². The van der Waals surface area contributed by atoms with Gasteiger partial charge in [0.2, 0.25) is 21.8 Å². The highest BCUT2D eigenvalue weighted by molar-refractivity contribution is 7.94. The second-order valence-electron chi connectivity index (χ2n) is 8.03. The number of carbonyl (C=O) groups is 1. The Balaban J connectivity index is 1.77. The molecule has 3 aromatic rings. The summed E-state index contributed by atoms with van der Waals surface area (Å²) < 4.78 is 47.0. The van der Waals surface area contributed by atoms with Crippen LogP contribution in [0.2, 0.25) is 0 Å². The molecule has 186 valence electrons. The summed E-state index contributed by atoms with van der Waals surface area (Å²) in [5.41, 5.74) is 1.17. The molecule has 13 heteroatoms. The minimum atomic E-state index is -4.27. The number of methoxy groups -OCH3 is 2. The van der Waals surface area contributed by atoms with Crippen LogP contribution in [-0.2, 0) is 14.8 Å². The first-order valence-corrected chi connectivity index (χ1v) is 12.4. The molecule has 0 amide bonds. The number of anilines is 1. The molecule has 1 aliphatic heterocycles. The third kappa shape index (κ3) is 4.82. The number of benzene rings is 1. The Morgan fingerprint density at radius 1 is 1.17 bits per heavy atom. The van der Waals surface area contributed by atoms with Crippen LogP contribution in [0.15, 0.2) is 30.6 Å². The van der Waals surface area contributed by atoms with Crippen LogP contribution in [0.3, 0.4) is 0 Å². The van der Waals surface area contributed by atoms with Gasteiger partial charge < -0.3 is 14.2 Å². The van der Waals surface area contributed by atoms with Gasteiger partial charge in [-0.2, -0.15) is 0 Å². The zero-order valence-corrected chi connectivity index (χ0v) is 20.6. The van der Waals surface area contributed by atoms with Gasteiger partial charge in [-0.1, -0.05) is 6.07 Å². The van der Waals surface area contributed by atoms with Crippen molar-refractivity contribution in [2.45, 2.75) is 31.4 Å². The summed E-state index contributed by atoms with van der Waals surface area (Å²) >= 11 is 0. The van der Waals surface area contributed by atoms with E-state index in [0.29, 0.717) is 42.6 Å². The molecule has 35 heavy (non-hydrogen) atoms. The number of aryl methyl sites for hydroxylation is 1. The predicted molar refractivity (Wildman–Crippen MR) is 126 cm³/mol. The van der Waals surface area contributed by atoms with Crippen molar-refractivity contribution < 1.29 is 27.4 Å². The maximum absolute atomic E-state index is 13.2. The van der Waals surface area contributed by atoms with Crippen molar-refractivity contribution in [1.29, 1.82) is 0 Å². The monoisotopic (exact) mass is 502 g/mol. The van der Waals surface area contributed by atoms with Crippen LogP contribution < -0.4 is 14.2 Å². The van der Waals surface area contributed by atoms with Gasteiger partial charge in [0.25, 0.3) is 0 Å². The molecule has 0 unspecified atom stereocenters. The Morgan fingerprint density at radius 3 is 2.40 bits per heavy atom. The number of ether oxygens (including phenoxy) is 3. The van der Waals surface area contributed by atoms with Gasteiger partial charge in [0.15, 0.2) is 5.82 Å². The SMILES string of the molecule is COc1cccc(OC)c1-n1c(NS(=O)(=O)[C@@H](C)C(=O)c2ncc(C)cn2)nnc1[C@H]1CCOC1. The molecule has 12 nitrogen and oxygen atoms in total. The maximum atomic E-state index is 13.2. The summed E-state index contributed by atoms with van der Waals surface area (Å²) in [5.74, 6) is 0.135. The van der Waals surface area contributed by atoms with Gasteiger partial charge in [-0.05, 0) is 38.0 Å². The van der Waals surface area contributed by atoms with Gasteiger partial charge in [0.05, 0.1) is 20.8 Å². The summed E-state index contributed by atoms with van der Waals surface area (Å²) in [6, 6.07) is 5.17. The lowest BCUT2D eigenvalue weighted by Crippen LogP contribution is -2.34. The standard InChI is InChI=1S/C22H26N6O6S/c1-13-10-23-20(24-11-13)19(29)14(2)35(30,31)27-22-26-25-21(15-8-9-34-12-15)28(22)18-16(32-3)6-5-7-17(18)33-4/h5-7,10-11,14-15H,8-9,12H2,1-4H3,(H,26,27)/t14-,15-/m0/s1. The van der Waals surface area contributed by atoms with Crippen molar-refractivity contribution in [3.63, 3.8) is 0 Å². The molecule has 1 N–H and O–H groups in total. The molecule has 2 atom stereocenters. The number of rotatable bonds is 9. The van der Waals surface area contributed by atoms with Gasteiger partial charge in [0.1, 0.15) is 28.3 Å². The lowest BCUT2D eigenvalue weighted by Gasteiger charge is -2.19. The van der Waals surface area contributed by atoms with Crippen molar-refractivity contribution in [1.82, 2.24) is 24.7 Å². The Morgan fingerprint density at radius 2 is 1.83 bits per heavy atom. The van der Waals surface area contributed by atoms with Gasteiger partial charge in [-0.15, -0.1) is 10.2 Å². The second-order valence-corrected chi connectivity index (χ2v) is 10.0. The molecular weight excluding hydrogens is 476 g/mol. The third-order valence-electron chi connectivity index (χ3n) is 5.68. The number of aromatic nitrogens is 5. The fraction of sp³-hybridized carbons (Fsp3) is 0.409. The Bertz CT molecular complexity index is 1300. The van der Waals surface area contributed by atoms with Crippen LogP contribution in [0.4, 0.5) is 5.95 Å². The molecule has 1 aliphatic rings. The highest BCUT2D eigenvalue weighted by Crippen LogP contribution is 2.38. The zero-order chi connectivity index (χ0) is 25.2. The van der Waals surface area contributed by atoms with Crippen LogP contribution >= 0.6 is 0 Å². The number of nitrogens with zero attached hydrogens (tertiary/aromatic N) is 5.